The number of nitriles is 1. The molecule has 0 amide bonds. The van der Waals surface area contributed by atoms with Gasteiger partial charge in [-0.1, -0.05) is 18.2 Å². The van der Waals surface area contributed by atoms with Crippen LogP contribution >= 0.6 is 0 Å². The highest BCUT2D eigenvalue weighted by Crippen LogP contribution is 2.62. The fourth-order valence-corrected chi connectivity index (χ4v) is 8.37. The number of hydrogen-bond donors (Lipinski definition) is 4. The zero-order valence-electron chi connectivity index (χ0n) is 22.7. The van der Waals surface area contributed by atoms with E-state index in [2.05, 4.69) is 36.3 Å². The van der Waals surface area contributed by atoms with Crippen LogP contribution in [0.25, 0.3) is 0 Å². The minimum absolute atomic E-state index is 0.00106. The van der Waals surface area contributed by atoms with Gasteiger partial charge in [-0.25, -0.2) is 4.98 Å². The Labute approximate surface area is 236 Å². The zero-order valence-corrected chi connectivity index (χ0v) is 22.7. The lowest BCUT2D eigenvalue weighted by Crippen LogP contribution is -2.72. The van der Waals surface area contributed by atoms with Crippen molar-refractivity contribution < 1.29 is 28.1 Å². The third kappa shape index (κ3) is 5.43. The van der Waals surface area contributed by atoms with Crippen LogP contribution in [-0.2, 0) is 6.54 Å². The number of aliphatic hydroxyl groups excluding tert-OH is 2. The van der Waals surface area contributed by atoms with Crippen molar-refractivity contribution >= 4 is 11.8 Å². The molecule has 4 saturated carbocycles. The number of rotatable bonds is 10. The van der Waals surface area contributed by atoms with E-state index in [1.165, 1.54) is 43.7 Å². The molecule has 220 valence electrons. The third-order valence-electron chi connectivity index (χ3n) is 9.70. The van der Waals surface area contributed by atoms with Crippen LogP contribution in [0.3, 0.4) is 0 Å². The van der Waals surface area contributed by atoms with Crippen molar-refractivity contribution in [3.63, 3.8) is 0 Å². The Hall–Kier alpha value is -3.14. The van der Waals surface area contributed by atoms with E-state index in [-0.39, 0.29) is 36.9 Å². The summed E-state index contributed by atoms with van der Waals surface area (Å²) < 4.78 is 42.6. The summed E-state index contributed by atoms with van der Waals surface area (Å²) >= 11 is 0. The molecule has 41 heavy (non-hydrogen) atoms. The van der Waals surface area contributed by atoms with E-state index in [0.717, 1.165) is 12.8 Å². The second-order valence-corrected chi connectivity index (χ2v) is 12.6. The third-order valence-corrected chi connectivity index (χ3v) is 9.70. The predicted molar refractivity (Wildman–Crippen MR) is 144 cm³/mol. The quantitative estimate of drug-likeness (QED) is 0.337. The molecule has 1 aliphatic heterocycles. The van der Waals surface area contributed by atoms with Crippen LogP contribution in [0.5, 0.6) is 5.75 Å². The first kappa shape index (κ1) is 28.0. The van der Waals surface area contributed by atoms with E-state index >= 15 is 0 Å². The first-order valence-electron chi connectivity index (χ1n) is 14.2. The van der Waals surface area contributed by atoms with Crippen LogP contribution in [-0.4, -0.2) is 70.3 Å². The van der Waals surface area contributed by atoms with E-state index in [9.17, 15) is 28.6 Å². The molecule has 1 aromatic carbocycles. The summed E-state index contributed by atoms with van der Waals surface area (Å²) in [6.45, 7) is 1.95. The number of halogens is 3. The number of likely N-dealkylation sites (tertiary alicyclic amines) is 1. The van der Waals surface area contributed by atoms with Crippen molar-refractivity contribution in [1.29, 1.82) is 5.26 Å². The molecule has 2 heterocycles. The highest BCUT2D eigenvalue weighted by Gasteiger charge is 2.61. The second kappa shape index (κ2) is 10.6. The lowest BCUT2D eigenvalue weighted by atomic mass is 9.46. The van der Waals surface area contributed by atoms with Crippen LogP contribution in [0.2, 0.25) is 0 Å². The molecule has 7 rings (SSSR count). The molecular formula is C29H35F3N6O3. The molecule has 3 atom stereocenters. The van der Waals surface area contributed by atoms with Gasteiger partial charge in [0.15, 0.2) is 0 Å². The van der Waals surface area contributed by atoms with E-state index in [4.69, 9.17) is 0 Å². The summed E-state index contributed by atoms with van der Waals surface area (Å²) in [4.78, 5) is 11.2. The average Bonchev–Trinajstić information content (AvgIpc) is 2.91. The van der Waals surface area contributed by atoms with E-state index in [1.54, 1.807) is 6.07 Å². The molecule has 12 heteroatoms. The van der Waals surface area contributed by atoms with E-state index in [1.807, 2.05) is 0 Å². The molecule has 9 nitrogen and oxygen atoms in total. The number of anilines is 2. The molecule has 3 unspecified atom stereocenters. The number of nitrogens with one attached hydrogen (secondary N) is 2. The van der Waals surface area contributed by atoms with Crippen LogP contribution in [0.15, 0.2) is 30.5 Å². The zero-order chi connectivity index (χ0) is 28.8. The summed E-state index contributed by atoms with van der Waals surface area (Å²) in [5.41, 5.74) is 0.139. The lowest BCUT2D eigenvalue weighted by Gasteiger charge is -2.67. The maximum Gasteiger partial charge on any atom is 0.573 e. The Morgan fingerprint density at radius 2 is 1.78 bits per heavy atom. The highest BCUT2D eigenvalue weighted by atomic mass is 19.4. The van der Waals surface area contributed by atoms with Crippen molar-refractivity contribution in [2.45, 2.75) is 51.1 Å². The van der Waals surface area contributed by atoms with Crippen LogP contribution in [0.4, 0.5) is 24.9 Å². The van der Waals surface area contributed by atoms with Gasteiger partial charge in [-0.2, -0.15) is 10.2 Å². The molecule has 5 aliphatic rings. The van der Waals surface area contributed by atoms with Crippen molar-refractivity contribution in [1.82, 2.24) is 14.9 Å². The molecule has 4 N–H and O–H groups in total. The van der Waals surface area contributed by atoms with Gasteiger partial charge in [0.05, 0.1) is 19.4 Å². The number of alkyl halides is 3. The van der Waals surface area contributed by atoms with Gasteiger partial charge in [0.2, 0.25) is 5.95 Å². The van der Waals surface area contributed by atoms with Crippen molar-refractivity contribution in [3.8, 4) is 11.8 Å². The molecular weight excluding hydrogens is 537 g/mol. The molecule has 1 aromatic heterocycles. The van der Waals surface area contributed by atoms with Gasteiger partial charge in [0, 0.05) is 48.6 Å². The van der Waals surface area contributed by atoms with Crippen LogP contribution in [0.1, 0.15) is 43.2 Å². The van der Waals surface area contributed by atoms with Crippen molar-refractivity contribution in [2.75, 3.05) is 43.5 Å². The molecule has 0 spiro atoms. The number of hydrogen-bond acceptors (Lipinski definition) is 9. The fourth-order valence-electron chi connectivity index (χ4n) is 8.37. The Kier molecular flexibility index (Phi) is 7.24. The molecule has 2 aromatic rings. The predicted octanol–water partition coefficient (Wildman–Crippen LogP) is 3.75. The van der Waals surface area contributed by atoms with Crippen LogP contribution < -0.4 is 15.4 Å². The second-order valence-electron chi connectivity index (χ2n) is 12.6. The lowest BCUT2D eigenvalue weighted by molar-refractivity contribution is -0.274. The first-order valence-corrected chi connectivity index (χ1v) is 14.2. The number of para-hydroxylation sites is 1. The Morgan fingerprint density at radius 1 is 1.07 bits per heavy atom. The summed E-state index contributed by atoms with van der Waals surface area (Å²) in [7, 11) is 0. The number of aliphatic hydroxyl groups is 2. The highest BCUT2D eigenvalue weighted by molar-refractivity contribution is 5.54. The molecule has 0 radical (unpaired) electrons. The largest absolute Gasteiger partial charge is 0.573 e. The first-order chi connectivity index (χ1) is 19.6. The maximum atomic E-state index is 12.8. The van der Waals surface area contributed by atoms with E-state index in [0.29, 0.717) is 60.4 Å². The molecule has 5 fully saturated rings. The van der Waals surface area contributed by atoms with Gasteiger partial charge in [-0.05, 0) is 55.9 Å². The number of aromatic nitrogens is 2. The smallest absolute Gasteiger partial charge is 0.405 e. The monoisotopic (exact) mass is 572 g/mol. The van der Waals surface area contributed by atoms with Gasteiger partial charge in [-0.3, -0.25) is 4.90 Å². The minimum atomic E-state index is -4.80. The summed E-state index contributed by atoms with van der Waals surface area (Å²) in [6.07, 6.45) is 2.50. The van der Waals surface area contributed by atoms with Gasteiger partial charge in [0.25, 0.3) is 0 Å². The summed E-state index contributed by atoms with van der Waals surface area (Å²) in [5.74, 6) is 2.23. The van der Waals surface area contributed by atoms with Gasteiger partial charge in [0.1, 0.15) is 23.2 Å². The van der Waals surface area contributed by atoms with Gasteiger partial charge >= 0.3 is 6.36 Å². The number of benzene rings is 1. The molecule has 4 bridgehead atoms. The Balaban J connectivity index is 1.19. The average molecular weight is 573 g/mol. The summed E-state index contributed by atoms with van der Waals surface area (Å²) in [6, 6.07) is 8.36. The number of ether oxygens (including phenoxy) is 1. The molecule has 4 aliphatic carbocycles. The van der Waals surface area contributed by atoms with Gasteiger partial charge in [-0.15, -0.1) is 13.2 Å². The fraction of sp³-hybridized carbons (Fsp3) is 0.621. The van der Waals surface area contributed by atoms with Crippen molar-refractivity contribution in [2.24, 2.45) is 28.6 Å². The maximum absolute atomic E-state index is 12.8. The Bertz CT molecular complexity index is 1290. The summed E-state index contributed by atoms with van der Waals surface area (Å²) in [5, 5.41) is 35.9. The number of nitrogens with zero attached hydrogens (tertiary/aromatic N) is 4. The standard InChI is InChI=1S/C29H35F3N6O3/c30-29(31,32)41-23-4-2-1-3-20(23)11-34-26-35-12-22(10-33)25(37-26)36-13-28-8-18-5-19(9-28)7-21(6-18)24(28)38-14-27(15-38,16-39)17-40/h1-4,12,18-19,21,24,39-40H,5-9,11,13-17H2,(H2,34,35,36,37). The van der Waals surface area contributed by atoms with Crippen molar-refractivity contribution in [3.05, 3.63) is 41.6 Å². The van der Waals surface area contributed by atoms with Crippen LogP contribution in [0, 0.1) is 39.9 Å². The SMILES string of the molecule is N#Cc1cnc(NCc2ccccc2OC(F)(F)F)nc1NCC12CC3CC(CC(C3)C1N1CC(CO)(CO)C1)C2. The normalized spacial score (nSPS) is 30.0. The van der Waals surface area contributed by atoms with Gasteiger partial charge < -0.3 is 25.6 Å². The van der Waals surface area contributed by atoms with E-state index < -0.39 is 11.8 Å². The Morgan fingerprint density at radius 3 is 2.44 bits per heavy atom. The topological polar surface area (TPSA) is 127 Å². The molecule has 1 saturated heterocycles. The minimum Gasteiger partial charge on any atom is -0.405 e.